The van der Waals surface area contributed by atoms with Crippen molar-refractivity contribution in [1.82, 2.24) is 9.80 Å². The van der Waals surface area contributed by atoms with Crippen molar-refractivity contribution in [2.45, 2.75) is 18.6 Å². The van der Waals surface area contributed by atoms with Gasteiger partial charge in [-0.05, 0) is 0 Å². The lowest BCUT2D eigenvalue weighted by atomic mass is 10.2. The number of aliphatic carboxylic acids is 1. The Kier molecular flexibility index (Phi) is 5.07. The van der Waals surface area contributed by atoms with E-state index in [0.29, 0.717) is 4.90 Å². The number of hydrogen-bond donors (Lipinski definition) is 1. The van der Waals surface area contributed by atoms with Crippen molar-refractivity contribution >= 4 is 21.8 Å². The monoisotopic (exact) mass is 332 g/mol. The second kappa shape index (κ2) is 6.08. The molecule has 21 heavy (non-hydrogen) atoms. The maximum absolute atomic E-state index is 12.3. The molecule has 7 nitrogen and oxygen atoms in total. The fraction of sp³-hybridized carbons (Fsp3) is 0.800. The quantitative estimate of drug-likeness (QED) is 0.795. The second-order valence-corrected chi connectivity index (χ2v) is 7.04. The molecule has 1 saturated heterocycles. The number of hydrogen-bond acceptors (Lipinski definition) is 4. The van der Waals surface area contributed by atoms with E-state index in [1.54, 1.807) is 0 Å². The Hall–Kier alpha value is -1.52. The Morgan fingerprint density at radius 1 is 1.38 bits per heavy atom. The summed E-state index contributed by atoms with van der Waals surface area (Å²) in [6.07, 6.45) is -5.22. The molecule has 0 aliphatic carbocycles. The van der Waals surface area contributed by atoms with Gasteiger partial charge in [0.05, 0.1) is 24.0 Å². The molecule has 1 aliphatic heterocycles. The third kappa shape index (κ3) is 5.40. The van der Waals surface area contributed by atoms with Gasteiger partial charge >= 0.3 is 18.2 Å². The van der Waals surface area contributed by atoms with Crippen LogP contribution in [0.15, 0.2) is 0 Å². The van der Waals surface area contributed by atoms with Gasteiger partial charge in [-0.25, -0.2) is 13.2 Å². The normalized spacial score (nSPS) is 21.9. The topological polar surface area (TPSA) is 95.0 Å². The van der Waals surface area contributed by atoms with Gasteiger partial charge in [-0.3, -0.25) is 4.79 Å². The molecule has 1 atom stereocenters. The molecular formula is C10H15F3N2O5S. The van der Waals surface area contributed by atoms with Crippen molar-refractivity contribution in [2.24, 2.45) is 0 Å². The average Bonchev–Trinajstić information content (AvgIpc) is 2.23. The Bertz CT molecular complexity index is 519. The van der Waals surface area contributed by atoms with Crippen LogP contribution in [0, 0.1) is 0 Å². The van der Waals surface area contributed by atoms with Crippen molar-refractivity contribution < 1.29 is 36.3 Å². The zero-order chi connectivity index (χ0) is 16.4. The van der Waals surface area contributed by atoms with Gasteiger partial charge in [0, 0.05) is 13.6 Å². The number of urea groups is 1. The van der Waals surface area contributed by atoms with Crippen LogP contribution in [-0.2, 0) is 14.6 Å². The van der Waals surface area contributed by atoms with E-state index < -0.39 is 58.5 Å². The fourth-order valence-corrected chi connectivity index (χ4v) is 3.59. The van der Waals surface area contributed by atoms with Gasteiger partial charge in [0.15, 0.2) is 9.84 Å². The van der Waals surface area contributed by atoms with E-state index in [-0.39, 0.29) is 6.54 Å². The first-order chi connectivity index (χ1) is 9.41. The van der Waals surface area contributed by atoms with Gasteiger partial charge in [-0.2, -0.15) is 13.2 Å². The number of halogens is 3. The van der Waals surface area contributed by atoms with E-state index in [1.165, 1.54) is 0 Å². The predicted octanol–water partition coefficient (Wildman–Crippen LogP) is 0.174. The number of carboxylic acids is 1. The summed E-state index contributed by atoms with van der Waals surface area (Å²) in [5.74, 6) is -2.28. The molecule has 0 aromatic heterocycles. The molecule has 0 saturated carbocycles. The maximum Gasteiger partial charge on any atom is 0.406 e. The molecule has 11 heteroatoms. The number of alkyl halides is 3. The van der Waals surface area contributed by atoms with Gasteiger partial charge in [0.2, 0.25) is 0 Å². The predicted molar refractivity (Wildman–Crippen MR) is 65.5 cm³/mol. The minimum atomic E-state index is -4.59. The van der Waals surface area contributed by atoms with E-state index in [1.807, 2.05) is 0 Å². The van der Waals surface area contributed by atoms with Crippen LogP contribution in [0.25, 0.3) is 0 Å². The molecular weight excluding hydrogens is 317 g/mol. The summed E-state index contributed by atoms with van der Waals surface area (Å²) in [7, 11) is -2.58. The van der Waals surface area contributed by atoms with Gasteiger partial charge in [-0.1, -0.05) is 0 Å². The summed E-state index contributed by atoms with van der Waals surface area (Å²) in [6, 6.07) is -2.20. The van der Waals surface area contributed by atoms with Crippen molar-refractivity contribution in [3.63, 3.8) is 0 Å². The molecule has 0 aromatic carbocycles. The fourth-order valence-electron chi connectivity index (χ4n) is 2.06. The highest BCUT2D eigenvalue weighted by molar-refractivity contribution is 7.91. The molecule has 1 N–H and O–H groups in total. The van der Waals surface area contributed by atoms with Crippen molar-refractivity contribution in [3.05, 3.63) is 0 Å². The summed E-state index contributed by atoms with van der Waals surface area (Å²) >= 11 is 0. The van der Waals surface area contributed by atoms with Crippen LogP contribution in [0.3, 0.4) is 0 Å². The van der Waals surface area contributed by atoms with Gasteiger partial charge < -0.3 is 14.9 Å². The zero-order valence-corrected chi connectivity index (χ0v) is 11.9. The summed E-state index contributed by atoms with van der Waals surface area (Å²) in [5.41, 5.74) is 0. The Balaban J connectivity index is 2.87. The van der Waals surface area contributed by atoms with E-state index >= 15 is 0 Å². The number of amides is 2. The van der Waals surface area contributed by atoms with Crippen LogP contribution in [0.2, 0.25) is 0 Å². The number of carbonyl (C=O) groups is 2. The highest BCUT2D eigenvalue weighted by Crippen LogP contribution is 2.20. The first-order valence-electron chi connectivity index (χ1n) is 5.92. The molecule has 1 heterocycles. The van der Waals surface area contributed by atoms with Crippen LogP contribution in [-0.4, -0.2) is 79.2 Å². The van der Waals surface area contributed by atoms with E-state index in [4.69, 9.17) is 5.11 Å². The molecule has 1 aliphatic rings. The minimum Gasteiger partial charge on any atom is -0.481 e. The summed E-state index contributed by atoms with van der Waals surface area (Å²) in [4.78, 5) is 23.9. The largest absolute Gasteiger partial charge is 0.481 e. The van der Waals surface area contributed by atoms with Gasteiger partial charge in [0.1, 0.15) is 6.54 Å². The molecule has 0 bridgehead atoms. The van der Waals surface area contributed by atoms with Crippen molar-refractivity contribution in [2.75, 3.05) is 31.6 Å². The summed E-state index contributed by atoms with van der Waals surface area (Å²) in [5, 5.41) is 8.73. The average molecular weight is 332 g/mol. The second-order valence-electron chi connectivity index (χ2n) is 4.81. The lowest BCUT2D eigenvalue weighted by molar-refractivity contribution is -0.141. The van der Waals surface area contributed by atoms with E-state index in [9.17, 15) is 31.2 Å². The van der Waals surface area contributed by atoms with Crippen LogP contribution in [0.4, 0.5) is 18.0 Å². The van der Waals surface area contributed by atoms with Crippen molar-refractivity contribution in [1.29, 1.82) is 0 Å². The van der Waals surface area contributed by atoms with E-state index in [2.05, 4.69) is 0 Å². The van der Waals surface area contributed by atoms with Crippen LogP contribution in [0.5, 0.6) is 0 Å². The molecule has 0 aromatic rings. The standard InChI is InChI=1S/C10H15F3N2O5S/c1-14(6-10(11,12)13)9(18)15-2-3-21(19,20)5-7(15)4-8(16)17/h7H,2-6H2,1H3,(H,16,17). The Labute approximate surface area is 119 Å². The van der Waals surface area contributed by atoms with Gasteiger partial charge in [-0.15, -0.1) is 0 Å². The van der Waals surface area contributed by atoms with Crippen LogP contribution in [0.1, 0.15) is 6.42 Å². The summed E-state index contributed by atoms with van der Waals surface area (Å²) in [6.45, 7) is -1.81. The SMILES string of the molecule is CN(CC(F)(F)F)C(=O)N1CCS(=O)(=O)CC1CC(=O)O. The third-order valence-corrected chi connectivity index (χ3v) is 4.63. The first kappa shape index (κ1) is 17.5. The smallest absolute Gasteiger partial charge is 0.406 e. The third-order valence-electron chi connectivity index (χ3n) is 2.93. The number of sulfone groups is 1. The number of carbonyl (C=O) groups excluding carboxylic acids is 1. The highest BCUT2D eigenvalue weighted by atomic mass is 32.2. The maximum atomic E-state index is 12.3. The number of rotatable bonds is 3. The van der Waals surface area contributed by atoms with Crippen molar-refractivity contribution in [3.8, 4) is 0 Å². The summed E-state index contributed by atoms with van der Waals surface area (Å²) < 4.78 is 59.8. The molecule has 122 valence electrons. The minimum absolute atomic E-state index is 0.318. The lowest BCUT2D eigenvalue weighted by Gasteiger charge is -2.37. The van der Waals surface area contributed by atoms with Crippen LogP contribution >= 0.6 is 0 Å². The van der Waals surface area contributed by atoms with Crippen LogP contribution < -0.4 is 0 Å². The first-order valence-corrected chi connectivity index (χ1v) is 7.74. The molecule has 0 spiro atoms. The van der Waals surface area contributed by atoms with E-state index in [0.717, 1.165) is 11.9 Å². The molecule has 2 amide bonds. The molecule has 0 radical (unpaired) electrons. The lowest BCUT2D eigenvalue weighted by Crippen LogP contribution is -2.56. The highest BCUT2D eigenvalue weighted by Gasteiger charge is 2.39. The molecule has 1 unspecified atom stereocenters. The number of carboxylic acid groups (broad SMARTS) is 1. The zero-order valence-electron chi connectivity index (χ0n) is 11.1. The molecule has 1 rings (SSSR count). The molecule has 1 fully saturated rings. The Morgan fingerprint density at radius 2 is 1.95 bits per heavy atom. The number of nitrogens with zero attached hydrogens (tertiary/aromatic N) is 2. The van der Waals surface area contributed by atoms with Gasteiger partial charge in [0.25, 0.3) is 0 Å². The Morgan fingerprint density at radius 3 is 2.43 bits per heavy atom.